The van der Waals surface area contributed by atoms with Crippen LogP contribution in [0, 0.1) is 5.92 Å². The van der Waals surface area contributed by atoms with E-state index in [4.69, 9.17) is 0 Å². The number of carbonyl (C=O) groups excluding carboxylic acids is 1. The molecule has 0 fully saturated rings. The summed E-state index contributed by atoms with van der Waals surface area (Å²) in [6, 6.07) is 5.72. The first-order chi connectivity index (χ1) is 5.64. The number of nitrogens with zero attached hydrogens (tertiary/aromatic N) is 1. The van der Waals surface area contributed by atoms with E-state index in [-0.39, 0.29) is 28.3 Å². The molecule has 0 amide bonds. The molecule has 1 heterocycles. The third-order valence-corrected chi connectivity index (χ3v) is 1.04. The Morgan fingerprint density at radius 3 is 1.69 bits per heavy atom. The number of carbonyl (C=O) groups is 1. The first kappa shape index (κ1) is 14.9. The molecular formula is C9H12AgNO2-. The first-order valence-electron chi connectivity index (χ1n) is 3.70. The average Bonchev–Trinajstić information content (AvgIpc) is 2.08. The minimum atomic E-state index is -0.991. The van der Waals surface area contributed by atoms with Crippen molar-refractivity contribution < 1.29 is 32.3 Å². The summed E-state index contributed by atoms with van der Waals surface area (Å²) in [5, 5.41) is 9.59. The van der Waals surface area contributed by atoms with E-state index in [1.54, 1.807) is 26.2 Å². The van der Waals surface area contributed by atoms with E-state index in [1.807, 2.05) is 18.2 Å². The summed E-state index contributed by atoms with van der Waals surface area (Å²) < 4.78 is 0. The summed E-state index contributed by atoms with van der Waals surface area (Å²) in [6.07, 6.45) is 3.50. The molecule has 0 saturated carbocycles. The van der Waals surface area contributed by atoms with Gasteiger partial charge in [0.05, 0.1) is 0 Å². The van der Waals surface area contributed by atoms with Gasteiger partial charge in [-0.3, -0.25) is 4.98 Å². The SMILES string of the molecule is CC(C)C(=O)[O-].[Ag].c1ccncc1. The normalized spacial score (nSPS) is 7.92. The molecule has 3 nitrogen and oxygen atoms in total. The Balaban J connectivity index is 0. The molecule has 0 bridgehead atoms. The zero-order valence-corrected chi connectivity index (χ0v) is 9.01. The topological polar surface area (TPSA) is 53.0 Å². The first-order valence-corrected chi connectivity index (χ1v) is 3.70. The third kappa shape index (κ3) is 11.4. The predicted octanol–water partition coefficient (Wildman–Crippen LogP) is 0.471. The Morgan fingerprint density at radius 1 is 1.23 bits per heavy atom. The molecule has 1 aromatic heterocycles. The predicted molar refractivity (Wildman–Crippen MR) is 44.1 cm³/mol. The van der Waals surface area contributed by atoms with E-state index < -0.39 is 5.97 Å². The Hall–Kier alpha value is -0.640. The van der Waals surface area contributed by atoms with Crippen LogP contribution in [0.3, 0.4) is 0 Å². The van der Waals surface area contributed by atoms with Crippen LogP contribution in [-0.4, -0.2) is 11.0 Å². The molecule has 0 N–H and O–H groups in total. The maximum absolute atomic E-state index is 9.59. The van der Waals surface area contributed by atoms with Crippen LogP contribution in [0.2, 0.25) is 0 Å². The number of carboxylic acid groups (broad SMARTS) is 1. The van der Waals surface area contributed by atoms with Crippen LogP contribution in [-0.2, 0) is 27.2 Å². The van der Waals surface area contributed by atoms with Crippen LogP contribution in [0.4, 0.5) is 0 Å². The molecular weight excluding hydrogens is 262 g/mol. The summed E-state index contributed by atoms with van der Waals surface area (Å²) in [7, 11) is 0. The minimum Gasteiger partial charge on any atom is -0.550 e. The fourth-order valence-electron chi connectivity index (χ4n) is 0.313. The Morgan fingerprint density at radius 2 is 1.62 bits per heavy atom. The van der Waals surface area contributed by atoms with Crippen molar-refractivity contribution in [1.82, 2.24) is 4.98 Å². The van der Waals surface area contributed by atoms with Crippen LogP contribution in [0.1, 0.15) is 13.8 Å². The average molecular weight is 274 g/mol. The van der Waals surface area contributed by atoms with Gasteiger partial charge in [-0.2, -0.15) is 0 Å². The van der Waals surface area contributed by atoms with Crippen molar-refractivity contribution in [3.63, 3.8) is 0 Å². The zero-order valence-electron chi connectivity index (χ0n) is 7.53. The molecule has 0 aliphatic rings. The molecule has 0 aliphatic carbocycles. The molecule has 13 heavy (non-hydrogen) atoms. The molecule has 77 valence electrons. The van der Waals surface area contributed by atoms with Gasteiger partial charge >= 0.3 is 0 Å². The van der Waals surface area contributed by atoms with Gasteiger partial charge < -0.3 is 9.90 Å². The molecule has 0 unspecified atom stereocenters. The maximum atomic E-state index is 9.59. The van der Waals surface area contributed by atoms with E-state index >= 15 is 0 Å². The number of rotatable bonds is 1. The van der Waals surface area contributed by atoms with Gasteiger partial charge in [-0.25, -0.2) is 0 Å². The number of carboxylic acids is 1. The van der Waals surface area contributed by atoms with Crippen LogP contribution in [0.25, 0.3) is 0 Å². The van der Waals surface area contributed by atoms with Crippen molar-refractivity contribution in [3.8, 4) is 0 Å². The fourth-order valence-corrected chi connectivity index (χ4v) is 0.313. The van der Waals surface area contributed by atoms with E-state index in [9.17, 15) is 9.90 Å². The van der Waals surface area contributed by atoms with Gasteiger partial charge in [0.2, 0.25) is 0 Å². The van der Waals surface area contributed by atoms with Crippen molar-refractivity contribution in [2.75, 3.05) is 0 Å². The zero-order chi connectivity index (χ0) is 9.40. The van der Waals surface area contributed by atoms with Crippen molar-refractivity contribution in [3.05, 3.63) is 30.6 Å². The van der Waals surface area contributed by atoms with E-state index in [1.165, 1.54) is 0 Å². The summed E-state index contributed by atoms with van der Waals surface area (Å²) >= 11 is 0. The standard InChI is InChI=1S/C5H5N.C4H8O2.Ag/c1-2-4-6-5-3-1;1-3(2)4(5)6;/h1-5H;3H,1-2H3,(H,5,6);/p-1. The molecule has 0 saturated heterocycles. The van der Waals surface area contributed by atoms with Crippen LogP contribution < -0.4 is 5.11 Å². The van der Waals surface area contributed by atoms with Gasteiger partial charge in [-0.05, 0) is 18.1 Å². The largest absolute Gasteiger partial charge is 0.550 e. The number of aliphatic carboxylic acids is 1. The molecule has 0 aliphatic heterocycles. The van der Waals surface area contributed by atoms with E-state index in [0.717, 1.165) is 0 Å². The van der Waals surface area contributed by atoms with Crippen LogP contribution >= 0.6 is 0 Å². The van der Waals surface area contributed by atoms with Gasteiger partial charge in [-0.15, -0.1) is 0 Å². The van der Waals surface area contributed by atoms with Crippen molar-refractivity contribution in [2.24, 2.45) is 5.92 Å². The van der Waals surface area contributed by atoms with Gasteiger partial charge in [-0.1, -0.05) is 19.9 Å². The summed E-state index contributed by atoms with van der Waals surface area (Å²) in [4.78, 5) is 13.4. The monoisotopic (exact) mass is 273 g/mol. The van der Waals surface area contributed by atoms with Gasteiger partial charge in [0.15, 0.2) is 0 Å². The molecule has 1 aromatic rings. The van der Waals surface area contributed by atoms with Gasteiger partial charge in [0.1, 0.15) is 0 Å². The molecule has 0 spiro atoms. The summed E-state index contributed by atoms with van der Waals surface area (Å²) in [5.74, 6) is -1.33. The smallest absolute Gasteiger partial charge is 0.0439 e. The van der Waals surface area contributed by atoms with Gasteiger partial charge in [0, 0.05) is 40.7 Å². The van der Waals surface area contributed by atoms with E-state index in [2.05, 4.69) is 4.98 Å². The van der Waals surface area contributed by atoms with Crippen molar-refractivity contribution in [2.45, 2.75) is 13.8 Å². The molecule has 0 aromatic carbocycles. The molecule has 0 atom stereocenters. The third-order valence-electron chi connectivity index (χ3n) is 1.04. The second-order valence-corrected chi connectivity index (χ2v) is 2.50. The molecule has 1 radical (unpaired) electrons. The van der Waals surface area contributed by atoms with Crippen LogP contribution in [0.15, 0.2) is 30.6 Å². The van der Waals surface area contributed by atoms with Crippen LogP contribution in [0.5, 0.6) is 0 Å². The second-order valence-electron chi connectivity index (χ2n) is 2.50. The maximum Gasteiger partial charge on any atom is 0.0439 e. The number of hydrogen-bond acceptors (Lipinski definition) is 3. The van der Waals surface area contributed by atoms with Gasteiger partial charge in [0.25, 0.3) is 0 Å². The van der Waals surface area contributed by atoms with Crippen molar-refractivity contribution in [1.29, 1.82) is 0 Å². The Kier molecular flexibility index (Phi) is 10.8. The Labute approximate surface area is 93.7 Å². The Bertz CT molecular complexity index is 187. The summed E-state index contributed by atoms with van der Waals surface area (Å²) in [6.45, 7) is 3.16. The summed E-state index contributed by atoms with van der Waals surface area (Å²) in [5.41, 5.74) is 0. The number of pyridine rings is 1. The van der Waals surface area contributed by atoms with Crippen molar-refractivity contribution >= 4 is 5.97 Å². The van der Waals surface area contributed by atoms with E-state index in [0.29, 0.717) is 0 Å². The number of aromatic nitrogens is 1. The minimum absolute atomic E-state index is 0. The second kappa shape index (κ2) is 9.45. The quantitative estimate of drug-likeness (QED) is 0.699. The fraction of sp³-hybridized carbons (Fsp3) is 0.333. The number of hydrogen-bond donors (Lipinski definition) is 0. The molecule has 1 rings (SSSR count). The molecule has 4 heteroatoms.